The summed E-state index contributed by atoms with van der Waals surface area (Å²) in [5, 5.41) is 0. The van der Waals surface area contributed by atoms with Gasteiger partial charge in [-0.1, -0.05) is 0 Å². The van der Waals surface area contributed by atoms with Gasteiger partial charge in [0, 0.05) is 0 Å². The van der Waals surface area contributed by atoms with Gasteiger partial charge in [0.25, 0.3) is 0 Å². The Kier molecular flexibility index (Phi) is 3.63. The maximum atomic E-state index is 12.3. The quantitative estimate of drug-likeness (QED) is 0.793. The summed E-state index contributed by atoms with van der Waals surface area (Å²) in [5.74, 6) is 0.655. The van der Waals surface area contributed by atoms with E-state index in [2.05, 4.69) is 4.36 Å². The van der Waals surface area contributed by atoms with Crippen LogP contribution in [0.5, 0.6) is 0 Å². The topological polar surface area (TPSA) is 38.7 Å². The minimum atomic E-state index is -4.36. The zero-order valence-electron chi connectivity index (χ0n) is 9.44. The van der Waals surface area contributed by atoms with Crippen LogP contribution in [0, 0.1) is 0 Å². The van der Waals surface area contributed by atoms with Crippen LogP contribution in [-0.2, 0) is 20.6 Å². The van der Waals surface area contributed by atoms with Gasteiger partial charge < -0.3 is 4.74 Å². The van der Waals surface area contributed by atoms with E-state index in [4.69, 9.17) is 4.74 Å². The van der Waals surface area contributed by atoms with E-state index < -0.39 is 21.5 Å². The molecule has 1 aromatic rings. The van der Waals surface area contributed by atoms with Gasteiger partial charge in [0.05, 0.1) is 45.7 Å². The molecule has 18 heavy (non-hydrogen) atoms. The van der Waals surface area contributed by atoms with E-state index in [-0.39, 0.29) is 0 Å². The SMILES string of the molecule is O=S1(=Nc2ccc(C(F)(F)F)cc2)CCOCC1. The van der Waals surface area contributed by atoms with Gasteiger partial charge in [-0.25, -0.2) is 4.21 Å². The van der Waals surface area contributed by atoms with Gasteiger partial charge in [-0.2, -0.15) is 17.5 Å². The fraction of sp³-hybridized carbons (Fsp3) is 0.455. The van der Waals surface area contributed by atoms with Crippen molar-refractivity contribution < 1.29 is 22.1 Å². The molecule has 100 valence electrons. The summed E-state index contributed by atoms with van der Waals surface area (Å²) in [6.07, 6.45) is -4.36. The number of halogens is 3. The number of nitrogens with zero attached hydrogens (tertiary/aromatic N) is 1. The molecule has 0 atom stereocenters. The molecule has 0 aromatic heterocycles. The minimum Gasteiger partial charge on any atom is -0.379 e. The van der Waals surface area contributed by atoms with E-state index in [0.717, 1.165) is 12.1 Å². The summed E-state index contributed by atoms with van der Waals surface area (Å²) in [4.78, 5) is 0. The van der Waals surface area contributed by atoms with Crippen LogP contribution in [0.25, 0.3) is 0 Å². The van der Waals surface area contributed by atoms with Crippen molar-refractivity contribution in [3.63, 3.8) is 0 Å². The first-order chi connectivity index (χ1) is 8.39. The molecule has 7 heteroatoms. The average Bonchev–Trinajstić information content (AvgIpc) is 2.29. The molecule has 3 nitrogen and oxygen atoms in total. The van der Waals surface area contributed by atoms with Gasteiger partial charge in [0.15, 0.2) is 0 Å². The Balaban J connectivity index is 2.25. The molecule has 0 N–H and O–H groups in total. The Morgan fingerprint density at radius 3 is 2.17 bits per heavy atom. The van der Waals surface area contributed by atoms with Crippen LogP contribution in [0.1, 0.15) is 5.56 Å². The molecule has 2 rings (SSSR count). The van der Waals surface area contributed by atoms with Crippen LogP contribution < -0.4 is 0 Å². The highest BCUT2D eigenvalue weighted by atomic mass is 32.2. The molecular weight excluding hydrogens is 267 g/mol. The van der Waals surface area contributed by atoms with E-state index in [1.165, 1.54) is 12.1 Å². The van der Waals surface area contributed by atoms with Crippen molar-refractivity contribution in [2.45, 2.75) is 6.18 Å². The number of benzene rings is 1. The fourth-order valence-corrected chi connectivity index (χ4v) is 3.23. The van der Waals surface area contributed by atoms with Crippen molar-refractivity contribution in [3.8, 4) is 0 Å². The number of hydrogen-bond acceptors (Lipinski definition) is 3. The third-order valence-corrected chi connectivity index (χ3v) is 4.71. The first-order valence-corrected chi connectivity index (χ1v) is 7.22. The van der Waals surface area contributed by atoms with Crippen LogP contribution in [-0.4, -0.2) is 28.9 Å². The van der Waals surface area contributed by atoms with E-state index in [1.54, 1.807) is 0 Å². The lowest BCUT2D eigenvalue weighted by Crippen LogP contribution is -2.25. The monoisotopic (exact) mass is 279 g/mol. The third-order valence-electron chi connectivity index (χ3n) is 2.56. The highest BCUT2D eigenvalue weighted by molar-refractivity contribution is 7.93. The van der Waals surface area contributed by atoms with Crippen molar-refractivity contribution in [3.05, 3.63) is 29.8 Å². The normalized spacial score (nSPS) is 19.5. The van der Waals surface area contributed by atoms with Crippen LogP contribution in [0.3, 0.4) is 0 Å². The second kappa shape index (κ2) is 4.89. The van der Waals surface area contributed by atoms with Crippen molar-refractivity contribution in [2.24, 2.45) is 4.36 Å². The van der Waals surface area contributed by atoms with Crippen LogP contribution in [0.15, 0.2) is 28.6 Å². The average molecular weight is 279 g/mol. The predicted octanol–water partition coefficient (Wildman–Crippen LogP) is 2.84. The third kappa shape index (κ3) is 3.23. The van der Waals surface area contributed by atoms with E-state index in [0.29, 0.717) is 30.4 Å². The maximum absolute atomic E-state index is 12.3. The molecule has 0 radical (unpaired) electrons. The fourth-order valence-electron chi connectivity index (χ4n) is 1.58. The zero-order valence-corrected chi connectivity index (χ0v) is 10.3. The van der Waals surface area contributed by atoms with Crippen molar-refractivity contribution >= 4 is 15.4 Å². The highest BCUT2D eigenvalue weighted by Crippen LogP contribution is 2.30. The summed E-state index contributed by atoms with van der Waals surface area (Å²) in [5.41, 5.74) is -0.418. The Bertz CT molecular complexity index is 518. The number of alkyl halides is 3. The van der Waals surface area contributed by atoms with E-state index in [9.17, 15) is 17.4 Å². The summed E-state index contributed by atoms with van der Waals surface area (Å²) in [6.45, 7) is 0.756. The molecule has 1 aliphatic rings. The Morgan fingerprint density at radius 2 is 1.67 bits per heavy atom. The zero-order chi connectivity index (χ0) is 13.2. The summed E-state index contributed by atoms with van der Waals surface area (Å²) >= 11 is 0. The molecule has 1 heterocycles. The second-order valence-electron chi connectivity index (χ2n) is 3.93. The van der Waals surface area contributed by atoms with Gasteiger partial charge in [-0.15, -0.1) is 0 Å². The lowest BCUT2D eigenvalue weighted by atomic mass is 10.2. The highest BCUT2D eigenvalue weighted by Gasteiger charge is 2.30. The lowest BCUT2D eigenvalue weighted by molar-refractivity contribution is -0.137. The molecule has 0 amide bonds. The van der Waals surface area contributed by atoms with E-state index in [1.807, 2.05) is 0 Å². The largest absolute Gasteiger partial charge is 0.416 e. The lowest BCUT2D eigenvalue weighted by Gasteiger charge is -2.16. The molecule has 0 unspecified atom stereocenters. The Labute approximate surface area is 103 Å². The summed E-state index contributed by atoms with van der Waals surface area (Å²) < 4.78 is 58.4. The van der Waals surface area contributed by atoms with Crippen LogP contribution in [0.4, 0.5) is 18.9 Å². The van der Waals surface area contributed by atoms with E-state index >= 15 is 0 Å². The smallest absolute Gasteiger partial charge is 0.379 e. The molecule has 1 aromatic carbocycles. The summed E-state index contributed by atoms with van der Waals surface area (Å²) in [7, 11) is -2.37. The Hall–Kier alpha value is -1.08. The molecule has 1 fully saturated rings. The number of hydrogen-bond donors (Lipinski definition) is 0. The number of ether oxygens (including phenoxy) is 1. The van der Waals surface area contributed by atoms with Crippen LogP contribution >= 0.6 is 0 Å². The van der Waals surface area contributed by atoms with Gasteiger partial charge in [-0.05, 0) is 24.3 Å². The molecule has 0 saturated carbocycles. The molecule has 1 aliphatic heterocycles. The summed E-state index contributed by atoms with van der Waals surface area (Å²) in [6, 6.07) is 4.37. The first-order valence-electron chi connectivity index (χ1n) is 5.37. The molecule has 0 spiro atoms. The standard InChI is InChI=1S/C11H12F3NO2S/c12-11(13,14)9-1-3-10(4-2-9)15-18(16)7-5-17-6-8-18/h1-4H,5-8H2. The molecule has 0 aliphatic carbocycles. The Morgan fingerprint density at radius 1 is 1.11 bits per heavy atom. The maximum Gasteiger partial charge on any atom is 0.416 e. The molecular formula is C11H12F3NO2S. The first kappa shape index (κ1) is 13.4. The van der Waals surface area contributed by atoms with Crippen molar-refractivity contribution in [1.29, 1.82) is 0 Å². The number of rotatable bonds is 1. The van der Waals surface area contributed by atoms with Gasteiger partial charge in [-0.3, -0.25) is 0 Å². The van der Waals surface area contributed by atoms with Gasteiger partial charge in [0.1, 0.15) is 0 Å². The minimum absolute atomic E-state index is 0.315. The molecule has 0 bridgehead atoms. The van der Waals surface area contributed by atoms with Gasteiger partial charge >= 0.3 is 6.18 Å². The van der Waals surface area contributed by atoms with Gasteiger partial charge in [0.2, 0.25) is 0 Å². The molecule has 1 saturated heterocycles. The van der Waals surface area contributed by atoms with Crippen molar-refractivity contribution in [2.75, 3.05) is 24.7 Å². The predicted molar refractivity (Wildman–Crippen MR) is 62.2 cm³/mol. The van der Waals surface area contributed by atoms with Crippen LogP contribution in [0.2, 0.25) is 0 Å². The van der Waals surface area contributed by atoms with Crippen molar-refractivity contribution in [1.82, 2.24) is 0 Å². The second-order valence-corrected chi connectivity index (χ2v) is 6.47.